The van der Waals surface area contributed by atoms with Crippen molar-refractivity contribution in [3.05, 3.63) is 35.6 Å². The molecule has 1 N–H and O–H groups in total. The second kappa shape index (κ2) is 6.89. The number of piperidine rings is 1. The minimum absolute atomic E-state index is 0.133. The van der Waals surface area contributed by atoms with Crippen molar-refractivity contribution < 1.29 is 4.39 Å². The highest BCUT2D eigenvalue weighted by Gasteiger charge is 2.32. The Hall–Kier alpha value is -0.930. The van der Waals surface area contributed by atoms with Crippen LogP contribution in [0.4, 0.5) is 4.39 Å². The topological polar surface area (TPSA) is 15.3 Å². The van der Waals surface area contributed by atoms with E-state index in [2.05, 4.69) is 17.1 Å². The standard InChI is InChI=1S/C18H27FN2/c1-2-9-21-10-7-17(8-11-21)20-18-12-15(13-18)14-3-5-16(19)6-4-14/h3-6,15,17-18,20H,2,7-13H2,1H3. The normalized spacial score (nSPS) is 27.5. The van der Waals surface area contributed by atoms with Gasteiger partial charge in [0.15, 0.2) is 0 Å². The lowest BCUT2D eigenvalue weighted by Gasteiger charge is -2.41. The van der Waals surface area contributed by atoms with Crippen LogP contribution in [-0.2, 0) is 0 Å². The average molecular weight is 290 g/mol. The molecular formula is C18H27FN2. The Kier molecular flexibility index (Phi) is 4.91. The van der Waals surface area contributed by atoms with Crippen LogP contribution in [0.15, 0.2) is 24.3 Å². The van der Waals surface area contributed by atoms with Gasteiger partial charge in [0.05, 0.1) is 0 Å². The summed E-state index contributed by atoms with van der Waals surface area (Å²) in [7, 11) is 0. The van der Waals surface area contributed by atoms with E-state index in [-0.39, 0.29) is 5.82 Å². The third kappa shape index (κ3) is 3.83. The van der Waals surface area contributed by atoms with Gasteiger partial charge in [-0.15, -0.1) is 0 Å². The fraction of sp³-hybridized carbons (Fsp3) is 0.667. The van der Waals surface area contributed by atoms with E-state index in [1.54, 1.807) is 12.1 Å². The van der Waals surface area contributed by atoms with Crippen molar-refractivity contribution in [2.75, 3.05) is 19.6 Å². The van der Waals surface area contributed by atoms with E-state index >= 15 is 0 Å². The second-order valence-electron chi connectivity index (χ2n) is 6.70. The van der Waals surface area contributed by atoms with Crippen LogP contribution in [0, 0.1) is 5.82 Å². The summed E-state index contributed by atoms with van der Waals surface area (Å²) in [5.74, 6) is 0.495. The quantitative estimate of drug-likeness (QED) is 0.892. The summed E-state index contributed by atoms with van der Waals surface area (Å²) < 4.78 is 12.9. The predicted octanol–water partition coefficient (Wildman–Crippen LogP) is 3.54. The summed E-state index contributed by atoms with van der Waals surface area (Å²) in [5.41, 5.74) is 1.30. The van der Waals surface area contributed by atoms with Crippen molar-refractivity contribution in [2.24, 2.45) is 0 Å². The highest BCUT2D eigenvalue weighted by Crippen LogP contribution is 2.37. The number of nitrogens with one attached hydrogen (secondary N) is 1. The molecule has 21 heavy (non-hydrogen) atoms. The molecule has 1 saturated heterocycles. The molecule has 3 heteroatoms. The molecule has 0 unspecified atom stereocenters. The molecule has 1 aliphatic heterocycles. The molecule has 1 saturated carbocycles. The van der Waals surface area contributed by atoms with Crippen molar-refractivity contribution in [1.82, 2.24) is 10.2 Å². The number of hydrogen-bond acceptors (Lipinski definition) is 2. The minimum Gasteiger partial charge on any atom is -0.311 e. The predicted molar refractivity (Wildman–Crippen MR) is 85.1 cm³/mol. The number of benzene rings is 1. The molecule has 0 aromatic heterocycles. The first-order valence-electron chi connectivity index (χ1n) is 8.48. The third-order valence-electron chi connectivity index (χ3n) is 5.08. The van der Waals surface area contributed by atoms with E-state index in [4.69, 9.17) is 0 Å². The van der Waals surface area contributed by atoms with Crippen LogP contribution in [0.5, 0.6) is 0 Å². The smallest absolute Gasteiger partial charge is 0.123 e. The lowest BCUT2D eigenvalue weighted by atomic mass is 9.75. The van der Waals surface area contributed by atoms with Crippen LogP contribution >= 0.6 is 0 Å². The van der Waals surface area contributed by atoms with Crippen molar-refractivity contribution >= 4 is 0 Å². The number of halogens is 1. The van der Waals surface area contributed by atoms with Gasteiger partial charge in [-0.1, -0.05) is 19.1 Å². The van der Waals surface area contributed by atoms with Gasteiger partial charge in [0, 0.05) is 12.1 Å². The Morgan fingerprint density at radius 2 is 1.76 bits per heavy atom. The molecule has 1 aromatic carbocycles. The van der Waals surface area contributed by atoms with Crippen LogP contribution in [-0.4, -0.2) is 36.6 Å². The summed E-state index contributed by atoms with van der Waals surface area (Å²) >= 11 is 0. The molecule has 3 rings (SSSR count). The maximum atomic E-state index is 12.9. The third-order valence-corrected chi connectivity index (χ3v) is 5.08. The van der Waals surface area contributed by atoms with Crippen molar-refractivity contribution in [3.8, 4) is 0 Å². The van der Waals surface area contributed by atoms with Gasteiger partial charge in [-0.05, 0) is 75.4 Å². The zero-order chi connectivity index (χ0) is 14.7. The van der Waals surface area contributed by atoms with E-state index < -0.39 is 0 Å². The van der Waals surface area contributed by atoms with E-state index in [1.165, 1.54) is 57.3 Å². The Morgan fingerprint density at radius 1 is 1.10 bits per heavy atom. The first-order chi connectivity index (χ1) is 10.2. The van der Waals surface area contributed by atoms with Crippen LogP contribution in [0.25, 0.3) is 0 Å². The van der Waals surface area contributed by atoms with Crippen molar-refractivity contribution in [3.63, 3.8) is 0 Å². The largest absolute Gasteiger partial charge is 0.311 e. The number of rotatable bonds is 5. The summed E-state index contributed by atoms with van der Waals surface area (Å²) in [6, 6.07) is 8.43. The van der Waals surface area contributed by atoms with E-state index in [1.807, 2.05) is 12.1 Å². The number of likely N-dealkylation sites (tertiary alicyclic amines) is 1. The SMILES string of the molecule is CCCN1CCC(NC2CC(c3ccc(F)cc3)C2)CC1. The van der Waals surface area contributed by atoms with Crippen LogP contribution in [0.3, 0.4) is 0 Å². The molecule has 2 nitrogen and oxygen atoms in total. The van der Waals surface area contributed by atoms with Crippen molar-refractivity contribution in [2.45, 2.75) is 57.0 Å². The van der Waals surface area contributed by atoms with Crippen LogP contribution < -0.4 is 5.32 Å². The monoisotopic (exact) mass is 290 g/mol. The molecule has 0 atom stereocenters. The van der Waals surface area contributed by atoms with Gasteiger partial charge in [-0.2, -0.15) is 0 Å². The van der Waals surface area contributed by atoms with Crippen LogP contribution in [0.2, 0.25) is 0 Å². The summed E-state index contributed by atoms with van der Waals surface area (Å²) in [4.78, 5) is 2.58. The minimum atomic E-state index is -0.133. The Balaban J connectivity index is 1.38. The Bertz CT molecular complexity index is 431. The molecule has 0 radical (unpaired) electrons. The van der Waals surface area contributed by atoms with Gasteiger partial charge in [-0.3, -0.25) is 0 Å². The molecule has 116 valence electrons. The Labute approximate surface area is 127 Å². The molecule has 1 aromatic rings. The summed E-state index contributed by atoms with van der Waals surface area (Å²) in [5, 5.41) is 3.83. The van der Waals surface area contributed by atoms with Gasteiger partial charge in [0.2, 0.25) is 0 Å². The average Bonchev–Trinajstić information content (AvgIpc) is 2.46. The molecule has 1 aliphatic carbocycles. The van der Waals surface area contributed by atoms with Gasteiger partial charge in [0.1, 0.15) is 5.82 Å². The van der Waals surface area contributed by atoms with Crippen LogP contribution in [0.1, 0.15) is 50.5 Å². The molecule has 1 heterocycles. The highest BCUT2D eigenvalue weighted by atomic mass is 19.1. The van der Waals surface area contributed by atoms with Gasteiger partial charge in [-0.25, -0.2) is 4.39 Å². The molecule has 0 spiro atoms. The molecule has 0 amide bonds. The van der Waals surface area contributed by atoms with E-state index in [0.29, 0.717) is 18.0 Å². The van der Waals surface area contributed by atoms with Gasteiger partial charge < -0.3 is 10.2 Å². The zero-order valence-corrected chi connectivity index (χ0v) is 13.0. The number of hydrogen-bond donors (Lipinski definition) is 1. The maximum absolute atomic E-state index is 12.9. The highest BCUT2D eigenvalue weighted by molar-refractivity contribution is 5.23. The lowest BCUT2D eigenvalue weighted by molar-refractivity contribution is 0.171. The van der Waals surface area contributed by atoms with E-state index in [9.17, 15) is 4.39 Å². The maximum Gasteiger partial charge on any atom is 0.123 e. The fourth-order valence-corrected chi connectivity index (χ4v) is 3.73. The van der Waals surface area contributed by atoms with Gasteiger partial charge >= 0.3 is 0 Å². The molecular weight excluding hydrogens is 263 g/mol. The lowest BCUT2D eigenvalue weighted by Crippen LogP contribution is -2.50. The fourth-order valence-electron chi connectivity index (χ4n) is 3.73. The molecule has 2 fully saturated rings. The van der Waals surface area contributed by atoms with Crippen molar-refractivity contribution in [1.29, 1.82) is 0 Å². The summed E-state index contributed by atoms with van der Waals surface area (Å²) in [6.07, 6.45) is 6.26. The van der Waals surface area contributed by atoms with Gasteiger partial charge in [0.25, 0.3) is 0 Å². The second-order valence-corrected chi connectivity index (χ2v) is 6.70. The number of nitrogens with zero attached hydrogens (tertiary/aromatic N) is 1. The molecule has 0 bridgehead atoms. The van der Waals surface area contributed by atoms with E-state index in [0.717, 1.165) is 0 Å². The zero-order valence-electron chi connectivity index (χ0n) is 13.0. The first kappa shape index (κ1) is 15.0. The first-order valence-corrected chi connectivity index (χ1v) is 8.48. The Morgan fingerprint density at radius 3 is 2.38 bits per heavy atom. The summed E-state index contributed by atoms with van der Waals surface area (Å²) in [6.45, 7) is 6.01. The molecule has 2 aliphatic rings.